The third-order valence-electron chi connectivity index (χ3n) is 4.04. The highest BCUT2D eigenvalue weighted by Crippen LogP contribution is 2.26. The van der Waals surface area contributed by atoms with Gasteiger partial charge in [-0.3, -0.25) is 4.98 Å². The second kappa shape index (κ2) is 7.04. The molecule has 1 aliphatic heterocycles. The molecule has 0 radical (unpaired) electrons. The Balaban J connectivity index is 2.17. The zero-order chi connectivity index (χ0) is 14.5. The third-order valence-corrected chi connectivity index (χ3v) is 4.04. The van der Waals surface area contributed by atoms with Gasteiger partial charge in [0.2, 0.25) is 0 Å². The number of hydrogen-bond donors (Lipinski definition) is 1. The van der Waals surface area contributed by atoms with Crippen LogP contribution in [0, 0.1) is 13.8 Å². The average molecular weight is 278 g/mol. The van der Waals surface area contributed by atoms with E-state index in [1.807, 2.05) is 13.1 Å². The van der Waals surface area contributed by atoms with Gasteiger partial charge in [-0.1, -0.05) is 6.92 Å². The lowest BCUT2D eigenvalue weighted by atomic mass is 9.99. The topological polar surface area (TPSA) is 43.4 Å². The number of likely N-dealkylation sites (N-methyl/N-ethyl adjacent to an activating group) is 1. The number of hydrogen-bond acceptors (Lipinski definition) is 4. The van der Waals surface area contributed by atoms with Crippen molar-refractivity contribution in [3.8, 4) is 5.75 Å². The number of methoxy groups -OCH3 is 1. The van der Waals surface area contributed by atoms with Crippen LogP contribution in [0.2, 0.25) is 0 Å². The quantitative estimate of drug-likeness (QED) is 0.868. The summed E-state index contributed by atoms with van der Waals surface area (Å²) in [5.41, 5.74) is 3.34. The van der Waals surface area contributed by atoms with E-state index in [9.17, 15) is 0 Å². The van der Waals surface area contributed by atoms with Crippen LogP contribution >= 0.6 is 0 Å². The van der Waals surface area contributed by atoms with E-state index in [0.29, 0.717) is 12.1 Å². The second-order valence-electron chi connectivity index (χ2n) is 5.47. The van der Waals surface area contributed by atoms with Crippen molar-refractivity contribution in [1.29, 1.82) is 0 Å². The Kier molecular flexibility index (Phi) is 5.38. The summed E-state index contributed by atoms with van der Waals surface area (Å²) in [5, 5.41) is 3.55. The van der Waals surface area contributed by atoms with E-state index >= 15 is 0 Å². The maximum absolute atomic E-state index is 5.84. The maximum atomic E-state index is 5.84. The molecule has 2 rings (SSSR count). The molecule has 2 atom stereocenters. The fourth-order valence-electron chi connectivity index (χ4n) is 3.00. The Morgan fingerprint density at radius 2 is 2.30 bits per heavy atom. The van der Waals surface area contributed by atoms with Crippen LogP contribution in [0.5, 0.6) is 5.75 Å². The first kappa shape index (κ1) is 15.3. The van der Waals surface area contributed by atoms with Crippen molar-refractivity contribution in [2.75, 3.05) is 20.3 Å². The molecule has 1 aromatic rings. The lowest BCUT2D eigenvalue weighted by Gasteiger charge is -2.24. The molecule has 4 nitrogen and oxygen atoms in total. The summed E-state index contributed by atoms with van der Waals surface area (Å²) in [7, 11) is 1.72. The predicted octanol–water partition coefficient (Wildman–Crippen LogP) is 2.41. The van der Waals surface area contributed by atoms with E-state index < -0.39 is 0 Å². The zero-order valence-corrected chi connectivity index (χ0v) is 13.0. The molecule has 0 aliphatic carbocycles. The highest BCUT2D eigenvalue weighted by molar-refractivity contribution is 5.41. The van der Waals surface area contributed by atoms with Crippen LogP contribution < -0.4 is 10.1 Å². The first-order valence-corrected chi connectivity index (χ1v) is 7.51. The SMILES string of the molecule is CCNC(Cc1ncc(C)c(OC)c1C)C1CCCO1. The van der Waals surface area contributed by atoms with Crippen LogP contribution in [0.25, 0.3) is 0 Å². The molecule has 1 aromatic heterocycles. The monoisotopic (exact) mass is 278 g/mol. The predicted molar refractivity (Wildman–Crippen MR) is 80.4 cm³/mol. The summed E-state index contributed by atoms with van der Waals surface area (Å²) < 4.78 is 11.3. The van der Waals surface area contributed by atoms with Gasteiger partial charge in [0, 0.05) is 42.1 Å². The summed E-state index contributed by atoms with van der Waals surface area (Å²) >= 11 is 0. The molecular formula is C16H26N2O2. The Bertz CT molecular complexity index is 442. The summed E-state index contributed by atoms with van der Waals surface area (Å²) in [6.45, 7) is 8.10. The van der Waals surface area contributed by atoms with Crippen LogP contribution in [0.3, 0.4) is 0 Å². The van der Waals surface area contributed by atoms with Gasteiger partial charge in [-0.2, -0.15) is 0 Å². The number of nitrogens with one attached hydrogen (secondary N) is 1. The van der Waals surface area contributed by atoms with Gasteiger partial charge < -0.3 is 14.8 Å². The molecule has 0 spiro atoms. The average Bonchev–Trinajstić information content (AvgIpc) is 2.95. The molecule has 2 heterocycles. The van der Waals surface area contributed by atoms with Crippen molar-refractivity contribution >= 4 is 0 Å². The van der Waals surface area contributed by atoms with E-state index in [4.69, 9.17) is 9.47 Å². The minimum absolute atomic E-state index is 0.309. The van der Waals surface area contributed by atoms with Crippen LogP contribution in [-0.2, 0) is 11.2 Å². The standard InChI is InChI=1S/C16H26N2O2/c1-5-17-14(15-7-6-8-20-15)9-13-12(3)16(19-4)11(2)10-18-13/h10,14-15,17H,5-9H2,1-4H3. The number of pyridine rings is 1. The summed E-state index contributed by atoms with van der Waals surface area (Å²) in [5.74, 6) is 0.956. The number of aromatic nitrogens is 1. The first-order chi connectivity index (χ1) is 9.67. The molecular weight excluding hydrogens is 252 g/mol. The van der Waals surface area contributed by atoms with Crippen molar-refractivity contribution in [1.82, 2.24) is 10.3 Å². The van der Waals surface area contributed by atoms with Crippen LogP contribution in [0.1, 0.15) is 36.6 Å². The number of ether oxygens (including phenoxy) is 2. The molecule has 0 amide bonds. The molecule has 4 heteroatoms. The van der Waals surface area contributed by atoms with Gasteiger partial charge in [0.05, 0.1) is 13.2 Å². The molecule has 0 bridgehead atoms. The Hall–Kier alpha value is -1.13. The van der Waals surface area contributed by atoms with Crippen molar-refractivity contribution in [2.24, 2.45) is 0 Å². The molecule has 2 unspecified atom stereocenters. The lowest BCUT2D eigenvalue weighted by Crippen LogP contribution is -2.41. The molecule has 20 heavy (non-hydrogen) atoms. The summed E-state index contributed by atoms with van der Waals surface area (Å²) in [6, 6.07) is 0.334. The Morgan fingerprint density at radius 3 is 2.90 bits per heavy atom. The molecule has 1 fully saturated rings. The van der Waals surface area contributed by atoms with Gasteiger partial charge in [0.1, 0.15) is 5.75 Å². The molecule has 1 saturated heterocycles. The molecule has 0 aromatic carbocycles. The van der Waals surface area contributed by atoms with Crippen molar-refractivity contribution in [3.63, 3.8) is 0 Å². The number of rotatable bonds is 6. The molecule has 1 aliphatic rings. The van der Waals surface area contributed by atoms with Gasteiger partial charge in [-0.15, -0.1) is 0 Å². The van der Waals surface area contributed by atoms with E-state index in [2.05, 4.69) is 24.1 Å². The van der Waals surface area contributed by atoms with Crippen molar-refractivity contribution in [3.05, 3.63) is 23.0 Å². The fourth-order valence-corrected chi connectivity index (χ4v) is 3.00. The van der Waals surface area contributed by atoms with Crippen LogP contribution in [0.15, 0.2) is 6.20 Å². The van der Waals surface area contributed by atoms with E-state index in [1.54, 1.807) is 7.11 Å². The zero-order valence-electron chi connectivity index (χ0n) is 13.0. The smallest absolute Gasteiger partial charge is 0.128 e. The van der Waals surface area contributed by atoms with Gasteiger partial charge in [0.15, 0.2) is 0 Å². The normalized spacial score (nSPS) is 20.1. The lowest BCUT2D eigenvalue weighted by molar-refractivity contribution is 0.0785. The number of aryl methyl sites for hydroxylation is 1. The highest BCUT2D eigenvalue weighted by Gasteiger charge is 2.26. The highest BCUT2D eigenvalue weighted by atomic mass is 16.5. The van der Waals surface area contributed by atoms with E-state index in [0.717, 1.165) is 55.0 Å². The third kappa shape index (κ3) is 3.30. The van der Waals surface area contributed by atoms with Gasteiger partial charge in [-0.05, 0) is 33.2 Å². The van der Waals surface area contributed by atoms with Crippen molar-refractivity contribution in [2.45, 2.75) is 52.2 Å². The second-order valence-corrected chi connectivity index (χ2v) is 5.47. The van der Waals surface area contributed by atoms with Gasteiger partial charge >= 0.3 is 0 Å². The van der Waals surface area contributed by atoms with Crippen LogP contribution in [0.4, 0.5) is 0 Å². The van der Waals surface area contributed by atoms with Gasteiger partial charge in [0.25, 0.3) is 0 Å². The molecule has 1 N–H and O–H groups in total. The Morgan fingerprint density at radius 1 is 1.50 bits per heavy atom. The maximum Gasteiger partial charge on any atom is 0.128 e. The Labute approximate surface area is 121 Å². The summed E-state index contributed by atoms with van der Waals surface area (Å²) in [6.07, 6.45) is 5.40. The van der Waals surface area contributed by atoms with Crippen LogP contribution in [-0.4, -0.2) is 37.4 Å². The van der Waals surface area contributed by atoms with Crippen molar-refractivity contribution < 1.29 is 9.47 Å². The number of nitrogens with zero attached hydrogens (tertiary/aromatic N) is 1. The largest absolute Gasteiger partial charge is 0.496 e. The van der Waals surface area contributed by atoms with E-state index in [-0.39, 0.29) is 0 Å². The minimum Gasteiger partial charge on any atom is -0.496 e. The first-order valence-electron chi connectivity index (χ1n) is 7.51. The fraction of sp³-hybridized carbons (Fsp3) is 0.688. The molecule has 112 valence electrons. The minimum atomic E-state index is 0.309. The van der Waals surface area contributed by atoms with E-state index in [1.165, 1.54) is 0 Å². The summed E-state index contributed by atoms with van der Waals surface area (Å²) in [4.78, 5) is 4.60. The van der Waals surface area contributed by atoms with Gasteiger partial charge in [-0.25, -0.2) is 0 Å². The molecule has 0 saturated carbocycles.